The number of carbonyl (C=O) groups is 2. The Morgan fingerprint density at radius 2 is 1.64 bits per heavy atom. The Bertz CT molecular complexity index is 537. The lowest BCUT2D eigenvalue weighted by Gasteiger charge is -2.40. The molecule has 0 aromatic heterocycles. The normalized spacial score (nSPS) is 17.9. The van der Waals surface area contributed by atoms with E-state index in [0.717, 1.165) is 5.56 Å². The maximum Gasteiger partial charge on any atom is 0.410 e. The average molecular weight is 303 g/mol. The van der Waals surface area contributed by atoms with Crippen LogP contribution < -0.4 is 0 Å². The van der Waals surface area contributed by atoms with Crippen molar-refractivity contribution in [3.63, 3.8) is 0 Å². The van der Waals surface area contributed by atoms with Gasteiger partial charge in [-0.25, -0.2) is 4.79 Å². The van der Waals surface area contributed by atoms with Gasteiger partial charge < -0.3 is 9.64 Å². The summed E-state index contributed by atoms with van der Waals surface area (Å²) in [5, 5.41) is 0. The first-order valence-corrected chi connectivity index (χ1v) is 7.79. The summed E-state index contributed by atoms with van der Waals surface area (Å²) in [5.74, 6) is 0.169. The summed E-state index contributed by atoms with van der Waals surface area (Å²) >= 11 is 0. The van der Waals surface area contributed by atoms with Crippen LogP contribution in [0.1, 0.15) is 46.1 Å². The Kier molecular flexibility index (Phi) is 4.59. The van der Waals surface area contributed by atoms with Crippen molar-refractivity contribution in [2.45, 2.75) is 51.6 Å². The van der Waals surface area contributed by atoms with E-state index in [1.807, 2.05) is 51.1 Å². The van der Waals surface area contributed by atoms with Crippen molar-refractivity contribution in [2.24, 2.45) is 0 Å². The topological polar surface area (TPSA) is 46.6 Å². The SMILES string of the molecule is CC(=O)C1(c2ccccc2)CCN(C(=O)OC(C)(C)C)CC1. The lowest BCUT2D eigenvalue weighted by Crippen LogP contribution is -2.49. The van der Waals surface area contributed by atoms with Crippen LogP contribution in [0.15, 0.2) is 30.3 Å². The van der Waals surface area contributed by atoms with E-state index < -0.39 is 11.0 Å². The molecule has 1 heterocycles. The smallest absolute Gasteiger partial charge is 0.410 e. The molecular formula is C18H25NO3. The molecule has 1 aromatic rings. The molecule has 0 radical (unpaired) electrons. The number of benzene rings is 1. The van der Waals surface area contributed by atoms with Crippen LogP contribution in [0.3, 0.4) is 0 Å². The van der Waals surface area contributed by atoms with Gasteiger partial charge in [0.1, 0.15) is 11.4 Å². The molecule has 0 aliphatic carbocycles. The van der Waals surface area contributed by atoms with Crippen molar-refractivity contribution in [1.29, 1.82) is 0 Å². The van der Waals surface area contributed by atoms with Crippen molar-refractivity contribution in [1.82, 2.24) is 4.90 Å². The Morgan fingerprint density at radius 1 is 1.09 bits per heavy atom. The molecule has 4 nitrogen and oxygen atoms in total. The standard InChI is InChI=1S/C18H25NO3/c1-14(20)18(15-8-6-5-7-9-15)10-12-19(13-11-18)16(21)22-17(2,3)4/h5-9H,10-13H2,1-4H3. The van der Waals surface area contributed by atoms with Gasteiger partial charge in [0, 0.05) is 13.1 Å². The fraction of sp³-hybridized carbons (Fsp3) is 0.556. The van der Waals surface area contributed by atoms with E-state index in [1.165, 1.54) is 0 Å². The lowest BCUT2D eigenvalue weighted by molar-refractivity contribution is -0.124. The van der Waals surface area contributed by atoms with E-state index in [1.54, 1.807) is 11.8 Å². The first-order chi connectivity index (χ1) is 10.2. The monoisotopic (exact) mass is 303 g/mol. The van der Waals surface area contributed by atoms with Gasteiger partial charge in [-0.05, 0) is 46.1 Å². The summed E-state index contributed by atoms with van der Waals surface area (Å²) in [5.41, 5.74) is 0.0807. The lowest BCUT2D eigenvalue weighted by atomic mass is 9.70. The second kappa shape index (κ2) is 6.11. The predicted molar refractivity (Wildman–Crippen MR) is 85.8 cm³/mol. The van der Waals surface area contributed by atoms with Gasteiger partial charge in [-0.15, -0.1) is 0 Å². The van der Waals surface area contributed by atoms with Gasteiger partial charge in [0.2, 0.25) is 0 Å². The Balaban J connectivity index is 2.11. The summed E-state index contributed by atoms with van der Waals surface area (Å²) in [6.07, 6.45) is 0.995. The van der Waals surface area contributed by atoms with Gasteiger partial charge in [-0.1, -0.05) is 30.3 Å². The van der Waals surface area contributed by atoms with Crippen molar-refractivity contribution >= 4 is 11.9 Å². The molecule has 0 atom stereocenters. The highest BCUT2D eigenvalue weighted by molar-refractivity contribution is 5.88. The van der Waals surface area contributed by atoms with E-state index in [9.17, 15) is 9.59 Å². The largest absolute Gasteiger partial charge is 0.444 e. The average Bonchev–Trinajstić information content (AvgIpc) is 2.46. The molecule has 22 heavy (non-hydrogen) atoms. The molecule has 0 saturated carbocycles. The number of piperidine rings is 1. The molecule has 0 N–H and O–H groups in total. The number of hydrogen-bond acceptors (Lipinski definition) is 3. The first kappa shape index (κ1) is 16.5. The molecule has 120 valence electrons. The van der Waals surface area contributed by atoms with E-state index in [4.69, 9.17) is 4.74 Å². The summed E-state index contributed by atoms with van der Waals surface area (Å²) < 4.78 is 5.41. The van der Waals surface area contributed by atoms with Gasteiger partial charge in [0.05, 0.1) is 5.41 Å². The van der Waals surface area contributed by atoms with Crippen LogP contribution in [0, 0.1) is 0 Å². The van der Waals surface area contributed by atoms with Gasteiger partial charge >= 0.3 is 6.09 Å². The molecular weight excluding hydrogens is 278 g/mol. The molecule has 1 aromatic carbocycles. The van der Waals surface area contributed by atoms with Crippen LogP contribution in [0.2, 0.25) is 0 Å². The van der Waals surface area contributed by atoms with E-state index in [-0.39, 0.29) is 11.9 Å². The minimum atomic E-state index is -0.494. The number of carbonyl (C=O) groups excluding carboxylic acids is 2. The molecule has 4 heteroatoms. The number of ether oxygens (including phenoxy) is 1. The molecule has 1 fully saturated rings. The predicted octanol–water partition coefficient (Wildman–Crippen LogP) is 3.54. The van der Waals surface area contributed by atoms with Crippen LogP contribution in [-0.2, 0) is 14.9 Å². The third kappa shape index (κ3) is 3.49. The summed E-state index contributed by atoms with van der Waals surface area (Å²) in [6.45, 7) is 8.32. The highest BCUT2D eigenvalue weighted by Crippen LogP contribution is 2.36. The zero-order chi connectivity index (χ0) is 16.4. The minimum Gasteiger partial charge on any atom is -0.444 e. The molecule has 1 aliphatic heterocycles. The number of nitrogens with zero attached hydrogens (tertiary/aromatic N) is 1. The number of Topliss-reactive ketones (excluding diaryl/α,β-unsaturated/α-hetero) is 1. The van der Waals surface area contributed by atoms with Crippen LogP contribution in [-0.4, -0.2) is 35.5 Å². The maximum absolute atomic E-state index is 12.3. The second-order valence-electron chi connectivity index (χ2n) is 6.97. The van der Waals surface area contributed by atoms with Crippen LogP contribution in [0.4, 0.5) is 4.79 Å². The third-order valence-corrected chi connectivity index (χ3v) is 4.27. The number of rotatable bonds is 2. The Labute approximate surface area is 132 Å². The summed E-state index contributed by atoms with van der Waals surface area (Å²) in [7, 11) is 0. The highest BCUT2D eigenvalue weighted by Gasteiger charge is 2.41. The molecule has 1 aliphatic rings. The molecule has 1 saturated heterocycles. The van der Waals surface area contributed by atoms with Gasteiger partial charge in [-0.2, -0.15) is 0 Å². The van der Waals surface area contributed by atoms with Gasteiger partial charge in [0.25, 0.3) is 0 Å². The van der Waals surface area contributed by atoms with Crippen LogP contribution >= 0.6 is 0 Å². The summed E-state index contributed by atoms with van der Waals surface area (Å²) in [6, 6.07) is 9.88. The van der Waals surface area contributed by atoms with E-state index >= 15 is 0 Å². The summed E-state index contributed by atoms with van der Waals surface area (Å²) in [4.78, 5) is 26.1. The molecule has 0 spiro atoms. The van der Waals surface area contributed by atoms with Crippen molar-refractivity contribution in [2.75, 3.05) is 13.1 Å². The molecule has 0 bridgehead atoms. The van der Waals surface area contributed by atoms with Crippen molar-refractivity contribution in [3.8, 4) is 0 Å². The molecule has 1 amide bonds. The van der Waals surface area contributed by atoms with Crippen molar-refractivity contribution in [3.05, 3.63) is 35.9 Å². The van der Waals surface area contributed by atoms with Crippen LogP contribution in [0.25, 0.3) is 0 Å². The zero-order valence-electron chi connectivity index (χ0n) is 13.9. The minimum absolute atomic E-state index is 0.169. The van der Waals surface area contributed by atoms with Gasteiger partial charge in [0.15, 0.2) is 0 Å². The quantitative estimate of drug-likeness (QED) is 0.839. The first-order valence-electron chi connectivity index (χ1n) is 7.79. The van der Waals surface area contributed by atoms with E-state index in [2.05, 4.69) is 0 Å². The van der Waals surface area contributed by atoms with Gasteiger partial charge in [-0.3, -0.25) is 4.79 Å². The van der Waals surface area contributed by atoms with Crippen LogP contribution in [0.5, 0.6) is 0 Å². The fourth-order valence-electron chi connectivity index (χ4n) is 3.00. The van der Waals surface area contributed by atoms with Crippen molar-refractivity contribution < 1.29 is 14.3 Å². The third-order valence-electron chi connectivity index (χ3n) is 4.27. The number of hydrogen-bond donors (Lipinski definition) is 0. The highest BCUT2D eigenvalue weighted by atomic mass is 16.6. The van der Waals surface area contributed by atoms with E-state index in [0.29, 0.717) is 25.9 Å². The number of ketones is 1. The maximum atomic E-state index is 12.3. The number of amides is 1. The Morgan fingerprint density at radius 3 is 2.09 bits per heavy atom. The zero-order valence-corrected chi connectivity index (χ0v) is 13.9. The second-order valence-corrected chi connectivity index (χ2v) is 6.97. The fourth-order valence-corrected chi connectivity index (χ4v) is 3.00. The molecule has 2 rings (SSSR count). The Hall–Kier alpha value is -1.84. The number of likely N-dealkylation sites (tertiary alicyclic amines) is 1. The molecule has 0 unspecified atom stereocenters.